The Labute approximate surface area is 779 Å². The minimum Gasteiger partial charge on any atom is -0.309 e. The number of fused-ring (bicyclic) bond motifs is 9. The lowest BCUT2D eigenvalue weighted by atomic mass is 10.0. The van der Waals surface area contributed by atoms with Crippen LogP contribution < -0.4 is 83.0 Å². The monoisotopic (exact) mass is 1760 g/mol. The maximum Gasteiger partial charge on any atom is 0.179 e. The number of rotatable bonds is 21. The number of aromatic nitrogens is 3. The van der Waals surface area contributed by atoms with Crippen LogP contribution in [0.1, 0.15) is 0 Å². The van der Waals surface area contributed by atoms with E-state index in [1.807, 2.05) is 0 Å². The van der Waals surface area contributed by atoms with E-state index in [0.29, 0.717) is 0 Å². The largest absolute Gasteiger partial charge is 0.309 e. The van der Waals surface area contributed by atoms with Crippen LogP contribution in [0.5, 0.6) is 0 Å². The van der Waals surface area contributed by atoms with E-state index < -0.39 is 32.3 Å². The molecule has 24 rings (SSSR count). The molecular formula is C126H91N3Si4. The van der Waals surface area contributed by atoms with E-state index in [1.165, 1.54) is 115 Å². The molecule has 0 aliphatic heterocycles. The van der Waals surface area contributed by atoms with Crippen LogP contribution in [0.2, 0.25) is 0 Å². The van der Waals surface area contributed by atoms with Gasteiger partial charge in [0, 0.05) is 32.3 Å². The van der Waals surface area contributed by atoms with Crippen molar-refractivity contribution in [3.8, 4) is 39.3 Å². The molecule has 0 aliphatic rings. The molecule has 3 heterocycles. The summed E-state index contributed by atoms with van der Waals surface area (Å²) < 4.78 is 7.55. The van der Waals surface area contributed by atoms with Crippen molar-refractivity contribution in [2.75, 3.05) is 0 Å². The van der Waals surface area contributed by atoms with E-state index in [9.17, 15) is 0 Å². The molecule has 3 nitrogen and oxygen atoms in total. The van der Waals surface area contributed by atoms with E-state index in [2.05, 4.69) is 566 Å². The molecule has 21 aromatic carbocycles. The first kappa shape index (κ1) is 80.2. The van der Waals surface area contributed by atoms with Crippen LogP contribution >= 0.6 is 0 Å². The van der Waals surface area contributed by atoms with Crippen molar-refractivity contribution in [2.45, 2.75) is 0 Å². The lowest BCUT2D eigenvalue weighted by Crippen LogP contribution is -2.77. The van der Waals surface area contributed by atoms with E-state index >= 15 is 0 Å². The molecule has 0 aliphatic carbocycles. The smallest absolute Gasteiger partial charge is 0.179 e. The van der Waals surface area contributed by atoms with Gasteiger partial charge in [-0.1, -0.05) is 491 Å². The predicted molar refractivity (Wildman–Crippen MR) is 575 cm³/mol. The fourth-order valence-corrected chi connectivity index (χ4v) is 41.9. The van der Waals surface area contributed by atoms with E-state index in [4.69, 9.17) is 0 Å². The molecule has 0 spiro atoms. The standard InChI is InChI=1S/C126H91N3Si4/c1-11-40-99(41-12-1)130(100-42-13-2-14-43-100,101-44-15-3-16-45-101)111-80-82-112(83-81-111)131(102-46-17-4-18-47-102,103-48-19-5-20-49-103)109-76-70-92(71-77-109)94-75-85-125-120(86-94)118-65-34-38-69-124(118)128(125)97-88-96(127-121-66-35-31-62-115(121)116-63-32-36-67-122(116)127)89-98(90-97)129-123-68-37-33-64-117(123)119-84-74-95(87-126(119)129)93-72-78-110(79-73-93)133(107-56-27-9-28-57-107,108-58-29-10-30-59-108)114-61-39-60-113(91-114)132(104-50-21-6-22-51-104,105-52-23-7-24-53-105)106-54-25-8-26-55-106/h1-91H. The molecule has 0 N–H and O–H groups in total. The Morgan fingerprint density at radius 2 is 0.293 bits per heavy atom. The molecule has 0 radical (unpaired) electrons. The quantitative estimate of drug-likeness (QED) is 0.0503. The molecule has 7 heteroatoms. The van der Waals surface area contributed by atoms with Crippen molar-refractivity contribution >= 4 is 181 Å². The van der Waals surface area contributed by atoms with Gasteiger partial charge in [0.05, 0.1) is 50.2 Å². The van der Waals surface area contributed by atoms with E-state index in [1.54, 1.807) is 0 Å². The molecule has 133 heavy (non-hydrogen) atoms. The highest BCUT2D eigenvalue weighted by Gasteiger charge is 2.48. The molecule has 24 aromatic rings. The van der Waals surface area contributed by atoms with Crippen molar-refractivity contribution in [1.82, 2.24) is 13.7 Å². The molecule has 626 valence electrons. The van der Waals surface area contributed by atoms with Crippen LogP contribution in [0.25, 0.3) is 105 Å². The van der Waals surface area contributed by atoms with Crippen molar-refractivity contribution in [2.24, 2.45) is 0 Å². The maximum atomic E-state index is 2.63. The zero-order valence-corrected chi connectivity index (χ0v) is 77.4. The van der Waals surface area contributed by atoms with Gasteiger partial charge in [-0.3, -0.25) is 0 Å². The SMILES string of the molecule is c1ccc([Si](c2ccccc2)(c2ccccc2)c2ccc([Si](c3ccccc3)(c3ccccc3)c3ccc(-c4ccc5c(c4)c4ccccc4n5-c4cc(-n5c6ccccc6c6ccccc65)cc(-n5c6ccccc6c6ccc(-c7ccc([Si](c8ccccc8)(c8ccccc8)c8cccc([Si](c9ccccc9)(c9ccccc9)c9ccccc9)c8)cc7)cc65)c4)cc3)cc2)cc1. The molecule has 0 unspecified atom stereocenters. The summed E-state index contributed by atoms with van der Waals surface area (Å²) in [7, 11) is -12.0. The molecule has 0 amide bonds. The summed E-state index contributed by atoms with van der Waals surface area (Å²) in [6, 6.07) is 210. The fraction of sp³-hybridized carbons (Fsp3) is 0. The highest BCUT2D eigenvalue weighted by molar-refractivity contribution is 7.23. The molecule has 0 saturated heterocycles. The van der Waals surface area contributed by atoms with Crippen LogP contribution in [0.4, 0.5) is 0 Å². The Bertz CT molecular complexity index is 8040. The Morgan fingerprint density at radius 1 is 0.105 bits per heavy atom. The van der Waals surface area contributed by atoms with Gasteiger partial charge in [-0.2, -0.15) is 0 Å². The van der Waals surface area contributed by atoms with Gasteiger partial charge in [-0.15, -0.1) is 0 Å². The summed E-state index contributed by atoms with van der Waals surface area (Å²) in [6.07, 6.45) is 0. The van der Waals surface area contributed by atoms with Crippen molar-refractivity contribution in [3.63, 3.8) is 0 Å². The minimum absolute atomic E-state index is 1.06. The summed E-state index contributed by atoms with van der Waals surface area (Å²) in [4.78, 5) is 0. The Balaban J connectivity index is 0.650. The van der Waals surface area contributed by atoms with Crippen LogP contribution in [0, 0.1) is 0 Å². The van der Waals surface area contributed by atoms with Crippen LogP contribution in [0.15, 0.2) is 552 Å². The highest BCUT2D eigenvalue weighted by Crippen LogP contribution is 2.42. The number of hydrogen-bond acceptors (Lipinski definition) is 0. The number of para-hydroxylation sites is 4. The van der Waals surface area contributed by atoms with Gasteiger partial charge in [0.2, 0.25) is 0 Å². The third-order valence-electron chi connectivity index (χ3n) is 28.4. The van der Waals surface area contributed by atoms with Crippen LogP contribution in [-0.4, -0.2) is 46.0 Å². The Kier molecular flexibility index (Phi) is 20.4. The van der Waals surface area contributed by atoms with Crippen molar-refractivity contribution in [1.29, 1.82) is 0 Å². The number of nitrogens with zero attached hydrogens (tertiary/aromatic N) is 3. The van der Waals surface area contributed by atoms with E-state index in [0.717, 1.165) is 72.4 Å². The topological polar surface area (TPSA) is 14.8 Å². The second kappa shape index (κ2) is 33.8. The molecular weight excluding hydrogens is 1670 g/mol. The van der Waals surface area contributed by atoms with Gasteiger partial charge in [0.25, 0.3) is 0 Å². The molecule has 0 atom stereocenters. The molecule has 0 bridgehead atoms. The zero-order valence-electron chi connectivity index (χ0n) is 73.4. The second-order valence-electron chi connectivity index (χ2n) is 35.2. The maximum absolute atomic E-state index is 3.15. The molecule has 0 fully saturated rings. The van der Waals surface area contributed by atoms with Gasteiger partial charge in [0.15, 0.2) is 32.3 Å². The van der Waals surface area contributed by atoms with Gasteiger partial charge >= 0.3 is 0 Å². The van der Waals surface area contributed by atoms with Gasteiger partial charge in [-0.05, 0) is 166 Å². The first-order valence-corrected chi connectivity index (χ1v) is 54.2. The van der Waals surface area contributed by atoms with Crippen molar-refractivity contribution in [3.05, 3.63) is 552 Å². The van der Waals surface area contributed by atoms with Gasteiger partial charge in [-0.25, -0.2) is 0 Å². The third kappa shape index (κ3) is 13.2. The molecule has 3 aromatic heterocycles. The summed E-state index contributed by atoms with van der Waals surface area (Å²) in [5.41, 5.74) is 14.6. The van der Waals surface area contributed by atoms with Crippen molar-refractivity contribution < 1.29 is 0 Å². The second-order valence-corrected chi connectivity index (χ2v) is 50.5. The van der Waals surface area contributed by atoms with Crippen LogP contribution in [-0.2, 0) is 0 Å². The summed E-state index contributed by atoms with van der Waals surface area (Å²) in [6.45, 7) is 0. The minimum atomic E-state index is -3.15. The average molecular weight is 1760 g/mol. The third-order valence-corrected chi connectivity index (χ3v) is 47.6. The predicted octanol–water partition coefficient (Wildman–Crippen LogP) is 19.8. The Morgan fingerprint density at radius 3 is 0.579 bits per heavy atom. The van der Waals surface area contributed by atoms with Crippen LogP contribution in [0.3, 0.4) is 0 Å². The Hall–Kier alpha value is -16.1. The first-order chi connectivity index (χ1) is 66.0. The summed E-state index contributed by atoms with van der Waals surface area (Å²) in [5.74, 6) is 0. The number of benzene rings is 21. The average Bonchev–Trinajstić information content (AvgIpc) is 1.43. The highest BCUT2D eigenvalue weighted by atomic mass is 28.3. The van der Waals surface area contributed by atoms with E-state index in [-0.39, 0.29) is 0 Å². The lowest BCUT2D eigenvalue weighted by molar-refractivity contribution is 1.10. The summed E-state index contributed by atoms with van der Waals surface area (Å²) in [5, 5.41) is 28.7. The summed E-state index contributed by atoms with van der Waals surface area (Å²) >= 11 is 0. The fourth-order valence-electron chi connectivity index (χ4n) is 22.7. The first-order valence-electron chi connectivity index (χ1n) is 46.2. The zero-order chi connectivity index (χ0) is 88.3. The van der Waals surface area contributed by atoms with Gasteiger partial charge in [0.1, 0.15) is 0 Å². The normalized spacial score (nSPS) is 12.1. The lowest BCUT2D eigenvalue weighted by Gasteiger charge is -2.38. The molecule has 0 saturated carbocycles. The van der Waals surface area contributed by atoms with Gasteiger partial charge < -0.3 is 13.7 Å². The number of hydrogen-bond donors (Lipinski definition) is 0.